The second-order valence-electron chi connectivity index (χ2n) is 6.74. The normalized spacial score (nSPS) is 22.7. The number of thioether (sulfide) groups is 2. The van der Waals surface area contributed by atoms with E-state index < -0.39 is 23.3 Å². The van der Waals surface area contributed by atoms with E-state index in [9.17, 15) is 19.5 Å². The maximum atomic E-state index is 12.6. The van der Waals surface area contributed by atoms with Crippen LogP contribution in [0.2, 0.25) is 0 Å². The first-order chi connectivity index (χ1) is 14.4. The molecule has 1 aromatic carbocycles. The first kappa shape index (κ1) is 20.9. The van der Waals surface area contributed by atoms with Crippen LogP contribution >= 0.6 is 34.9 Å². The van der Waals surface area contributed by atoms with Crippen molar-refractivity contribution in [3.8, 4) is 0 Å². The molecule has 1 fully saturated rings. The summed E-state index contributed by atoms with van der Waals surface area (Å²) >= 11 is 4.46. The first-order valence-corrected chi connectivity index (χ1v) is 11.9. The fraction of sp³-hybridized carbons (Fsp3) is 0.316. The zero-order chi connectivity index (χ0) is 21.3. The van der Waals surface area contributed by atoms with Crippen LogP contribution in [-0.4, -0.2) is 60.4 Å². The molecule has 1 saturated heterocycles. The van der Waals surface area contributed by atoms with Crippen LogP contribution in [-0.2, 0) is 20.8 Å². The summed E-state index contributed by atoms with van der Waals surface area (Å²) in [6, 6.07) is 8.53. The number of carbonyl (C=O) groups excluding carboxylic acids is 2. The van der Waals surface area contributed by atoms with E-state index in [0.717, 1.165) is 14.9 Å². The Morgan fingerprint density at radius 2 is 2.03 bits per heavy atom. The van der Waals surface area contributed by atoms with Crippen molar-refractivity contribution in [2.75, 3.05) is 5.75 Å². The van der Waals surface area contributed by atoms with E-state index in [1.807, 2.05) is 37.3 Å². The first-order valence-electron chi connectivity index (χ1n) is 9.12. The summed E-state index contributed by atoms with van der Waals surface area (Å²) in [4.78, 5) is 37.9. The monoisotopic (exact) mass is 462 g/mol. The predicted molar refractivity (Wildman–Crippen MR) is 115 cm³/mol. The number of fused-ring (bicyclic) bond motifs is 1. The Balaban J connectivity index is 1.43. The molecule has 4 rings (SSSR count). The number of hydrogen-bond acceptors (Lipinski definition) is 8. The van der Waals surface area contributed by atoms with Gasteiger partial charge >= 0.3 is 5.97 Å². The summed E-state index contributed by atoms with van der Waals surface area (Å²) < 4.78 is 0.818. The molecule has 156 valence electrons. The summed E-state index contributed by atoms with van der Waals surface area (Å²) in [5, 5.41) is 20.7. The zero-order valence-electron chi connectivity index (χ0n) is 15.8. The van der Waals surface area contributed by atoms with Gasteiger partial charge in [0.25, 0.3) is 5.91 Å². The van der Waals surface area contributed by atoms with Crippen LogP contribution < -0.4 is 5.32 Å². The van der Waals surface area contributed by atoms with Crippen molar-refractivity contribution in [3.05, 3.63) is 52.7 Å². The Hall–Kier alpha value is -2.37. The summed E-state index contributed by atoms with van der Waals surface area (Å²) in [5.74, 6) is -1.21. The van der Waals surface area contributed by atoms with Gasteiger partial charge in [-0.1, -0.05) is 53.4 Å². The predicted octanol–water partition coefficient (Wildman–Crippen LogP) is 1.92. The minimum atomic E-state index is -1.15. The Kier molecular flexibility index (Phi) is 6.11. The average Bonchev–Trinajstić information content (AvgIpc) is 3.15. The lowest BCUT2D eigenvalue weighted by atomic mass is 10.0. The number of nitrogens with zero attached hydrogens (tertiary/aromatic N) is 3. The molecule has 2 N–H and O–H groups in total. The third kappa shape index (κ3) is 4.37. The Bertz CT molecular complexity index is 1010. The number of nitrogens with one attached hydrogen (secondary N) is 1. The summed E-state index contributed by atoms with van der Waals surface area (Å²) in [7, 11) is 0. The molecular weight excluding hydrogens is 444 g/mol. The maximum Gasteiger partial charge on any atom is 0.352 e. The number of rotatable bonds is 7. The molecule has 3 heterocycles. The number of carboxylic acid groups (broad SMARTS) is 1. The molecule has 8 nitrogen and oxygen atoms in total. The molecule has 30 heavy (non-hydrogen) atoms. The molecule has 2 aromatic rings. The number of β-lactam (4-membered cyclic amide) rings is 1. The topological polar surface area (TPSA) is 112 Å². The number of aryl methyl sites for hydroxylation is 1. The van der Waals surface area contributed by atoms with Gasteiger partial charge in [0.1, 0.15) is 22.1 Å². The Labute approximate surface area is 185 Å². The quantitative estimate of drug-likeness (QED) is 0.474. The van der Waals surface area contributed by atoms with Crippen LogP contribution in [0.25, 0.3) is 0 Å². The zero-order valence-corrected chi connectivity index (χ0v) is 18.3. The van der Waals surface area contributed by atoms with Gasteiger partial charge in [-0.25, -0.2) is 4.79 Å². The van der Waals surface area contributed by atoms with Crippen LogP contribution in [0.15, 0.2) is 46.4 Å². The molecule has 2 aliphatic heterocycles. The maximum absolute atomic E-state index is 12.6. The van der Waals surface area contributed by atoms with Gasteiger partial charge in [0.2, 0.25) is 5.91 Å². The lowest BCUT2D eigenvalue weighted by molar-refractivity contribution is -0.150. The number of amides is 2. The summed E-state index contributed by atoms with van der Waals surface area (Å²) in [6.45, 7) is 1.88. The molecule has 0 aliphatic carbocycles. The third-order valence-corrected chi connectivity index (χ3v) is 8.30. The Morgan fingerprint density at radius 3 is 2.70 bits per heavy atom. The van der Waals surface area contributed by atoms with Gasteiger partial charge in [-0.15, -0.1) is 22.0 Å². The molecule has 0 saturated carbocycles. The highest BCUT2D eigenvalue weighted by Gasteiger charge is 2.54. The smallest absolute Gasteiger partial charge is 0.352 e. The molecule has 2 aliphatic rings. The Morgan fingerprint density at radius 1 is 1.27 bits per heavy atom. The van der Waals surface area contributed by atoms with Crippen molar-refractivity contribution in [1.29, 1.82) is 0 Å². The largest absolute Gasteiger partial charge is 0.477 e. The van der Waals surface area contributed by atoms with Crippen molar-refractivity contribution in [2.24, 2.45) is 0 Å². The lowest BCUT2D eigenvalue weighted by Crippen LogP contribution is -2.70. The fourth-order valence-electron chi connectivity index (χ4n) is 3.22. The van der Waals surface area contributed by atoms with Crippen molar-refractivity contribution in [1.82, 2.24) is 20.4 Å². The molecule has 0 bridgehead atoms. The number of carbonyl (C=O) groups is 3. The lowest BCUT2D eigenvalue weighted by Gasteiger charge is -2.49. The SMILES string of the molecule is Cc1nnc(SCC2C=C(C(=O)O)N3C(=O)C(NC(=O)Cc4ccccc4)[C@@H]3S2)s1. The second-order valence-corrected chi connectivity index (χ2v) is 10.5. The van der Waals surface area contributed by atoms with Crippen LogP contribution in [0.1, 0.15) is 10.6 Å². The van der Waals surface area contributed by atoms with Gasteiger partial charge in [0.05, 0.1) is 6.42 Å². The molecular formula is C19H18N4O4S3. The van der Waals surface area contributed by atoms with E-state index in [0.29, 0.717) is 5.75 Å². The molecule has 11 heteroatoms. The third-order valence-electron chi connectivity index (χ3n) is 4.58. The molecule has 0 spiro atoms. The van der Waals surface area contributed by atoms with E-state index in [1.54, 1.807) is 6.08 Å². The fourth-order valence-corrected chi connectivity index (χ4v) is 6.71. The van der Waals surface area contributed by atoms with Gasteiger partial charge < -0.3 is 10.4 Å². The van der Waals surface area contributed by atoms with Crippen molar-refractivity contribution < 1.29 is 19.5 Å². The number of benzene rings is 1. The number of carboxylic acids is 1. The highest BCUT2D eigenvalue weighted by atomic mass is 32.2. The molecule has 1 aromatic heterocycles. The number of aliphatic carboxylic acids is 1. The van der Waals surface area contributed by atoms with E-state index in [2.05, 4.69) is 15.5 Å². The van der Waals surface area contributed by atoms with Crippen LogP contribution in [0.3, 0.4) is 0 Å². The van der Waals surface area contributed by atoms with Crippen molar-refractivity contribution >= 4 is 52.6 Å². The number of hydrogen-bond donors (Lipinski definition) is 2. The van der Waals surface area contributed by atoms with Gasteiger partial charge in [0.15, 0.2) is 4.34 Å². The molecule has 2 unspecified atom stereocenters. The van der Waals surface area contributed by atoms with Crippen molar-refractivity contribution in [2.45, 2.75) is 34.3 Å². The molecule has 0 radical (unpaired) electrons. The van der Waals surface area contributed by atoms with Crippen LogP contribution in [0, 0.1) is 6.92 Å². The highest BCUT2D eigenvalue weighted by Crippen LogP contribution is 2.42. The minimum absolute atomic E-state index is 0.0312. The number of aromatic nitrogens is 2. The van der Waals surface area contributed by atoms with Gasteiger partial charge in [0, 0.05) is 11.0 Å². The molecule has 2 amide bonds. The van der Waals surface area contributed by atoms with Gasteiger partial charge in [-0.2, -0.15) is 0 Å². The van der Waals surface area contributed by atoms with Crippen LogP contribution in [0.5, 0.6) is 0 Å². The highest BCUT2D eigenvalue weighted by molar-refractivity contribution is 8.04. The standard InChI is InChI=1S/C19H18N4O4S3/c1-10-21-22-19(29-10)28-9-12-8-13(18(26)27)23-16(25)15(17(23)30-12)20-14(24)7-11-5-3-2-4-6-11/h2-6,8,12,15,17H,7,9H2,1H3,(H,20,24)(H,26,27)/t12?,15?,17-/m0/s1. The van der Waals surface area contributed by atoms with E-state index in [4.69, 9.17) is 0 Å². The van der Waals surface area contributed by atoms with Crippen LogP contribution in [0.4, 0.5) is 0 Å². The van der Waals surface area contributed by atoms with Crippen molar-refractivity contribution in [3.63, 3.8) is 0 Å². The second kappa shape index (κ2) is 8.78. The van der Waals surface area contributed by atoms with E-state index >= 15 is 0 Å². The summed E-state index contributed by atoms with van der Waals surface area (Å²) in [5.41, 5.74) is 0.819. The average molecular weight is 463 g/mol. The minimum Gasteiger partial charge on any atom is -0.477 e. The molecule has 3 atom stereocenters. The van der Waals surface area contributed by atoms with Gasteiger partial charge in [-0.05, 0) is 18.6 Å². The summed E-state index contributed by atoms with van der Waals surface area (Å²) in [6.07, 6.45) is 1.77. The van der Waals surface area contributed by atoms with Gasteiger partial charge in [-0.3, -0.25) is 14.5 Å². The van der Waals surface area contributed by atoms with E-state index in [-0.39, 0.29) is 23.3 Å². The van der Waals surface area contributed by atoms with E-state index in [1.165, 1.54) is 39.8 Å².